The van der Waals surface area contributed by atoms with Crippen molar-refractivity contribution in [2.45, 2.75) is 0 Å². The Morgan fingerprint density at radius 2 is 1.75 bits per heavy atom. The molecule has 0 amide bonds. The molecule has 0 fully saturated rings. The normalized spacial score (nSPS) is 11.5. The summed E-state index contributed by atoms with van der Waals surface area (Å²) in [6.07, 6.45) is 1.65. The summed E-state index contributed by atoms with van der Waals surface area (Å²) in [5.41, 5.74) is 1.53. The van der Waals surface area contributed by atoms with E-state index in [9.17, 15) is 9.90 Å². The number of aliphatic imine (C=N–C) groups is 1. The lowest BCUT2D eigenvalue weighted by Crippen LogP contribution is -1.93. The monoisotopic (exact) mass is 315 g/mol. The van der Waals surface area contributed by atoms with E-state index in [0.717, 1.165) is 16.2 Å². The molecule has 0 aliphatic rings. The lowest BCUT2D eigenvalue weighted by atomic mass is 10.0. The van der Waals surface area contributed by atoms with E-state index in [1.807, 2.05) is 36.4 Å². The quantitative estimate of drug-likeness (QED) is 0.440. The summed E-state index contributed by atoms with van der Waals surface area (Å²) < 4.78 is 5.11. The van der Waals surface area contributed by atoms with Crippen LogP contribution in [0.15, 0.2) is 80.9 Å². The van der Waals surface area contributed by atoms with Crippen molar-refractivity contribution in [3.63, 3.8) is 0 Å². The number of benzene rings is 3. The van der Waals surface area contributed by atoms with Gasteiger partial charge in [-0.3, -0.25) is 4.99 Å². The van der Waals surface area contributed by atoms with Crippen LogP contribution in [0.1, 0.15) is 5.56 Å². The van der Waals surface area contributed by atoms with Crippen molar-refractivity contribution < 1.29 is 9.52 Å². The molecule has 1 aromatic heterocycles. The molecule has 0 aliphatic heterocycles. The van der Waals surface area contributed by atoms with Crippen molar-refractivity contribution in [3.05, 3.63) is 82.7 Å². The first-order valence-electron chi connectivity index (χ1n) is 7.49. The van der Waals surface area contributed by atoms with Gasteiger partial charge in [0.05, 0.1) is 5.69 Å². The Hall–Kier alpha value is -3.40. The second kappa shape index (κ2) is 5.66. The van der Waals surface area contributed by atoms with E-state index >= 15 is 0 Å². The average Bonchev–Trinajstić information content (AvgIpc) is 2.61. The molecular weight excluding hydrogens is 302 g/mol. The van der Waals surface area contributed by atoms with Gasteiger partial charge in [-0.25, -0.2) is 4.79 Å². The molecule has 0 aliphatic carbocycles. The van der Waals surface area contributed by atoms with Gasteiger partial charge in [-0.2, -0.15) is 0 Å². The molecule has 0 atom stereocenters. The minimum absolute atomic E-state index is 0.184. The Balaban J connectivity index is 1.79. The summed E-state index contributed by atoms with van der Waals surface area (Å²) >= 11 is 0. The number of aromatic hydroxyl groups is 1. The van der Waals surface area contributed by atoms with Crippen LogP contribution in [0.5, 0.6) is 5.75 Å². The van der Waals surface area contributed by atoms with E-state index in [-0.39, 0.29) is 11.4 Å². The Bertz CT molecular complexity index is 1140. The standard InChI is InChI=1S/C20H13NO3/c22-18-8-5-13-3-1-2-4-16(13)17(18)12-21-15-7-9-19-14(11-15)6-10-20(23)24-19/h1-12,22H. The number of hydrogen-bond acceptors (Lipinski definition) is 4. The molecule has 4 nitrogen and oxygen atoms in total. The molecule has 0 bridgehead atoms. The number of nitrogens with zero attached hydrogens (tertiary/aromatic N) is 1. The average molecular weight is 315 g/mol. The van der Waals surface area contributed by atoms with Crippen LogP contribution in [0.25, 0.3) is 21.7 Å². The molecule has 1 heterocycles. The smallest absolute Gasteiger partial charge is 0.336 e. The third kappa shape index (κ3) is 2.54. The maximum atomic E-state index is 11.2. The van der Waals surface area contributed by atoms with E-state index < -0.39 is 0 Å². The minimum Gasteiger partial charge on any atom is -0.507 e. The lowest BCUT2D eigenvalue weighted by molar-refractivity contribution is 0.475. The molecule has 0 saturated heterocycles. The summed E-state index contributed by atoms with van der Waals surface area (Å²) in [7, 11) is 0. The third-order valence-corrected chi connectivity index (χ3v) is 3.89. The maximum absolute atomic E-state index is 11.2. The molecule has 0 unspecified atom stereocenters. The molecule has 1 N–H and O–H groups in total. The van der Waals surface area contributed by atoms with E-state index in [0.29, 0.717) is 16.8 Å². The fraction of sp³-hybridized carbons (Fsp3) is 0. The molecule has 4 aromatic rings. The topological polar surface area (TPSA) is 62.8 Å². The van der Waals surface area contributed by atoms with Crippen molar-refractivity contribution in [2.24, 2.45) is 4.99 Å². The molecule has 0 saturated carbocycles. The highest BCUT2D eigenvalue weighted by Gasteiger charge is 2.04. The molecule has 4 heteroatoms. The van der Waals surface area contributed by atoms with Crippen LogP contribution in [0.2, 0.25) is 0 Å². The Morgan fingerprint density at radius 3 is 2.67 bits per heavy atom. The zero-order valence-corrected chi connectivity index (χ0v) is 12.6. The Morgan fingerprint density at radius 1 is 0.917 bits per heavy atom. The number of phenolic OH excluding ortho intramolecular Hbond substituents is 1. The lowest BCUT2D eigenvalue weighted by Gasteiger charge is -2.04. The summed E-state index contributed by atoms with van der Waals surface area (Å²) in [5, 5.41) is 12.9. The van der Waals surface area contributed by atoms with Gasteiger partial charge in [0.15, 0.2) is 0 Å². The largest absolute Gasteiger partial charge is 0.507 e. The zero-order valence-electron chi connectivity index (χ0n) is 12.6. The van der Waals surface area contributed by atoms with Crippen LogP contribution >= 0.6 is 0 Å². The van der Waals surface area contributed by atoms with Crippen LogP contribution in [0, 0.1) is 0 Å². The minimum atomic E-state index is -0.376. The fourth-order valence-corrected chi connectivity index (χ4v) is 2.70. The van der Waals surface area contributed by atoms with Crippen molar-refractivity contribution >= 4 is 33.6 Å². The molecule has 116 valence electrons. The van der Waals surface area contributed by atoms with E-state index in [4.69, 9.17) is 4.42 Å². The SMILES string of the molecule is O=c1ccc2cc(N=Cc3c(O)ccc4ccccc34)ccc2o1. The van der Waals surface area contributed by atoms with Crippen LogP contribution in [-0.4, -0.2) is 11.3 Å². The molecule has 0 spiro atoms. The summed E-state index contributed by atoms with van der Waals surface area (Å²) in [6.45, 7) is 0. The molecule has 24 heavy (non-hydrogen) atoms. The summed E-state index contributed by atoms with van der Waals surface area (Å²) in [6, 6.07) is 19.8. The van der Waals surface area contributed by atoms with Gasteiger partial charge in [-0.15, -0.1) is 0 Å². The number of fused-ring (bicyclic) bond motifs is 2. The van der Waals surface area contributed by atoms with Crippen LogP contribution in [-0.2, 0) is 0 Å². The van der Waals surface area contributed by atoms with E-state index in [1.54, 1.807) is 30.5 Å². The van der Waals surface area contributed by atoms with Crippen molar-refractivity contribution in [3.8, 4) is 5.75 Å². The van der Waals surface area contributed by atoms with Gasteiger partial charge < -0.3 is 9.52 Å². The number of rotatable bonds is 2. The van der Waals surface area contributed by atoms with Gasteiger partial charge in [0, 0.05) is 23.2 Å². The van der Waals surface area contributed by atoms with Crippen molar-refractivity contribution in [2.75, 3.05) is 0 Å². The molecule has 0 radical (unpaired) electrons. The van der Waals surface area contributed by atoms with Gasteiger partial charge in [0.1, 0.15) is 11.3 Å². The van der Waals surface area contributed by atoms with Gasteiger partial charge in [-0.1, -0.05) is 30.3 Å². The first-order chi connectivity index (χ1) is 11.7. The first kappa shape index (κ1) is 14.2. The number of phenols is 1. The molecule has 3 aromatic carbocycles. The highest BCUT2D eigenvalue weighted by atomic mass is 16.4. The molecule has 4 rings (SSSR count). The van der Waals surface area contributed by atoms with Gasteiger partial charge in [-0.05, 0) is 41.1 Å². The van der Waals surface area contributed by atoms with Gasteiger partial charge >= 0.3 is 5.63 Å². The van der Waals surface area contributed by atoms with Crippen LogP contribution in [0.3, 0.4) is 0 Å². The highest BCUT2D eigenvalue weighted by molar-refractivity contribution is 6.03. The maximum Gasteiger partial charge on any atom is 0.336 e. The predicted octanol–water partition coefficient (Wildman–Crippen LogP) is 4.40. The third-order valence-electron chi connectivity index (χ3n) is 3.89. The molecular formula is C20H13NO3. The van der Waals surface area contributed by atoms with Crippen LogP contribution in [0.4, 0.5) is 5.69 Å². The summed E-state index contributed by atoms with van der Waals surface area (Å²) in [5.74, 6) is 0.184. The van der Waals surface area contributed by atoms with E-state index in [1.165, 1.54) is 6.07 Å². The van der Waals surface area contributed by atoms with Crippen LogP contribution < -0.4 is 5.63 Å². The summed E-state index contributed by atoms with van der Waals surface area (Å²) in [4.78, 5) is 15.7. The second-order valence-electron chi connectivity index (χ2n) is 5.45. The second-order valence-corrected chi connectivity index (χ2v) is 5.45. The van der Waals surface area contributed by atoms with Crippen molar-refractivity contribution in [1.29, 1.82) is 0 Å². The van der Waals surface area contributed by atoms with E-state index in [2.05, 4.69) is 4.99 Å². The predicted molar refractivity (Wildman–Crippen MR) is 95.4 cm³/mol. The Labute approximate surface area is 137 Å². The van der Waals surface area contributed by atoms with Gasteiger partial charge in [0.25, 0.3) is 0 Å². The first-order valence-corrected chi connectivity index (χ1v) is 7.49. The highest BCUT2D eigenvalue weighted by Crippen LogP contribution is 2.27. The number of hydrogen-bond donors (Lipinski definition) is 1. The fourth-order valence-electron chi connectivity index (χ4n) is 2.70. The van der Waals surface area contributed by atoms with Crippen molar-refractivity contribution in [1.82, 2.24) is 0 Å². The Kier molecular flexibility index (Phi) is 3.35. The van der Waals surface area contributed by atoms with Gasteiger partial charge in [0.2, 0.25) is 0 Å². The zero-order chi connectivity index (χ0) is 16.5.